The van der Waals surface area contributed by atoms with Crippen molar-refractivity contribution in [1.82, 2.24) is 29.5 Å². The van der Waals surface area contributed by atoms with Crippen molar-refractivity contribution >= 4 is 16.3 Å². The SMILES string of the molecule is CC(C)(C)NCc1c(-n2cnc(C#N)n2)nc2sccn12. The molecule has 0 aromatic carbocycles. The van der Waals surface area contributed by atoms with E-state index in [9.17, 15) is 0 Å². The van der Waals surface area contributed by atoms with E-state index in [-0.39, 0.29) is 11.4 Å². The first-order valence-corrected chi connectivity index (χ1v) is 7.37. The number of fused-ring (bicyclic) bond motifs is 1. The third-order valence-electron chi connectivity index (χ3n) is 2.93. The molecule has 0 fully saturated rings. The largest absolute Gasteiger partial charge is 0.306 e. The Morgan fingerprint density at radius 2 is 2.24 bits per heavy atom. The van der Waals surface area contributed by atoms with Crippen LogP contribution in [0.3, 0.4) is 0 Å². The summed E-state index contributed by atoms with van der Waals surface area (Å²) in [7, 11) is 0. The van der Waals surface area contributed by atoms with E-state index in [1.807, 2.05) is 22.0 Å². The van der Waals surface area contributed by atoms with Crippen molar-refractivity contribution in [1.29, 1.82) is 5.26 Å². The fraction of sp³-hybridized carbons (Fsp3) is 0.385. The number of nitrogens with zero attached hydrogens (tertiary/aromatic N) is 6. The molecule has 0 spiro atoms. The first-order chi connectivity index (χ1) is 9.98. The van der Waals surface area contributed by atoms with Crippen LogP contribution < -0.4 is 5.32 Å². The summed E-state index contributed by atoms with van der Waals surface area (Å²) in [6, 6.07) is 1.93. The molecule has 0 radical (unpaired) electrons. The highest BCUT2D eigenvalue weighted by Gasteiger charge is 2.18. The van der Waals surface area contributed by atoms with Gasteiger partial charge in [0.05, 0.1) is 5.69 Å². The highest BCUT2D eigenvalue weighted by molar-refractivity contribution is 7.15. The number of imidazole rings is 1. The Kier molecular flexibility index (Phi) is 3.23. The molecule has 21 heavy (non-hydrogen) atoms. The van der Waals surface area contributed by atoms with Gasteiger partial charge in [-0.25, -0.2) is 4.98 Å². The van der Waals surface area contributed by atoms with Crippen LogP contribution in [-0.4, -0.2) is 29.7 Å². The molecule has 108 valence electrons. The second-order valence-electron chi connectivity index (χ2n) is 5.67. The van der Waals surface area contributed by atoms with Gasteiger partial charge in [0.1, 0.15) is 12.4 Å². The van der Waals surface area contributed by atoms with Crippen LogP contribution in [0.15, 0.2) is 17.9 Å². The van der Waals surface area contributed by atoms with Gasteiger partial charge in [0.2, 0.25) is 0 Å². The van der Waals surface area contributed by atoms with Gasteiger partial charge < -0.3 is 5.32 Å². The van der Waals surface area contributed by atoms with Gasteiger partial charge in [-0.05, 0) is 20.8 Å². The Morgan fingerprint density at radius 3 is 2.90 bits per heavy atom. The summed E-state index contributed by atoms with van der Waals surface area (Å²) in [5.74, 6) is 0.841. The smallest absolute Gasteiger partial charge is 0.252 e. The summed E-state index contributed by atoms with van der Waals surface area (Å²) in [6.45, 7) is 6.99. The van der Waals surface area contributed by atoms with E-state index in [1.165, 1.54) is 6.33 Å². The van der Waals surface area contributed by atoms with Gasteiger partial charge in [-0.15, -0.1) is 16.4 Å². The van der Waals surface area contributed by atoms with Crippen molar-refractivity contribution in [2.75, 3.05) is 0 Å². The average Bonchev–Trinajstić information content (AvgIpc) is 3.10. The quantitative estimate of drug-likeness (QED) is 0.796. The Balaban J connectivity index is 2.05. The average molecular weight is 301 g/mol. The first-order valence-electron chi connectivity index (χ1n) is 6.49. The van der Waals surface area contributed by atoms with Gasteiger partial charge in [-0.2, -0.15) is 14.9 Å². The van der Waals surface area contributed by atoms with Crippen LogP contribution in [0.25, 0.3) is 10.8 Å². The lowest BCUT2D eigenvalue weighted by molar-refractivity contribution is 0.420. The highest BCUT2D eigenvalue weighted by atomic mass is 32.1. The van der Waals surface area contributed by atoms with Crippen LogP contribution in [0, 0.1) is 11.3 Å². The lowest BCUT2D eigenvalue weighted by Crippen LogP contribution is -2.35. The number of thiazole rings is 1. The summed E-state index contributed by atoms with van der Waals surface area (Å²) in [4.78, 5) is 9.42. The van der Waals surface area contributed by atoms with Crippen molar-refractivity contribution in [2.24, 2.45) is 0 Å². The van der Waals surface area contributed by atoms with Crippen molar-refractivity contribution in [3.63, 3.8) is 0 Å². The monoisotopic (exact) mass is 301 g/mol. The second kappa shape index (κ2) is 4.95. The van der Waals surface area contributed by atoms with E-state index >= 15 is 0 Å². The molecule has 0 atom stereocenters. The van der Waals surface area contributed by atoms with Crippen LogP contribution in [0.5, 0.6) is 0 Å². The fourth-order valence-electron chi connectivity index (χ4n) is 1.93. The van der Waals surface area contributed by atoms with Crippen molar-refractivity contribution < 1.29 is 0 Å². The van der Waals surface area contributed by atoms with Gasteiger partial charge in [-0.3, -0.25) is 4.40 Å². The molecule has 8 heteroatoms. The van der Waals surface area contributed by atoms with Crippen LogP contribution in [0.2, 0.25) is 0 Å². The normalized spacial score (nSPS) is 11.9. The number of aromatic nitrogens is 5. The van der Waals surface area contributed by atoms with E-state index in [1.54, 1.807) is 16.0 Å². The molecule has 3 rings (SSSR count). The maximum Gasteiger partial charge on any atom is 0.252 e. The summed E-state index contributed by atoms with van der Waals surface area (Å²) >= 11 is 1.56. The van der Waals surface area contributed by atoms with Crippen molar-refractivity contribution in [3.8, 4) is 11.9 Å². The number of hydrogen-bond donors (Lipinski definition) is 1. The molecule has 0 saturated heterocycles. The Hall–Kier alpha value is -2.24. The van der Waals surface area contributed by atoms with Crippen molar-refractivity contribution in [2.45, 2.75) is 32.9 Å². The van der Waals surface area contributed by atoms with Crippen LogP contribution in [-0.2, 0) is 6.54 Å². The molecule has 0 aliphatic heterocycles. The molecular weight excluding hydrogens is 286 g/mol. The molecule has 0 unspecified atom stereocenters. The van der Waals surface area contributed by atoms with E-state index < -0.39 is 0 Å². The maximum absolute atomic E-state index is 8.85. The summed E-state index contributed by atoms with van der Waals surface area (Å²) < 4.78 is 3.59. The topological polar surface area (TPSA) is 83.8 Å². The van der Waals surface area contributed by atoms with E-state index in [0.29, 0.717) is 12.4 Å². The molecule has 3 heterocycles. The minimum atomic E-state index is -0.00236. The minimum absolute atomic E-state index is 0.00236. The number of hydrogen-bond acceptors (Lipinski definition) is 6. The van der Waals surface area contributed by atoms with Gasteiger partial charge in [0.15, 0.2) is 10.8 Å². The van der Waals surface area contributed by atoms with Gasteiger partial charge in [-0.1, -0.05) is 0 Å². The molecule has 3 aromatic heterocycles. The van der Waals surface area contributed by atoms with Crippen LogP contribution in [0.4, 0.5) is 0 Å². The van der Waals surface area contributed by atoms with Crippen LogP contribution in [0.1, 0.15) is 32.3 Å². The van der Waals surface area contributed by atoms with E-state index in [4.69, 9.17) is 5.26 Å². The molecule has 0 saturated carbocycles. The molecule has 0 bridgehead atoms. The molecule has 0 amide bonds. The summed E-state index contributed by atoms with van der Waals surface area (Å²) in [6.07, 6.45) is 3.50. The standard InChI is InChI=1S/C13H15N7S/c1-13(2,3)16-7-9-11(17-12-19(9)4-5-21-12)20-8-15-10(6-14)18-20/h4-5,8,16H,7H2,1-3H3. The predicted molar refractivity (Wildman–Crippen MR) is 79.3 cm³/mol. The summed E-state index contributed by atoms with van der Waals surface area (Å²) in [5.41, 5.74) is 0.994. The zero-order chi connectivity index (χ0) is 15.0. The molecule has 3 aromatic rings. The molecule has 0 aliphatic carbocycles. The van der Waals surface area contributed by atoms with Gasteiger partial charge in [0.25, 0.3) is 5.82 Å². The third-order valence-corrected chi connectivity index (χ3v) is 3.69. The second-order valence-corrected chi connectivity index (χ2v) is 6.54. The predicted octanol–water partition coefficient (Wildman–Crippen LogP) is 1.74. The Morgan fingerprint density at radius 1 is 1.43 bits per heavy atom. The number of nitriles is 1. The molecule has 1 N–H and O–H groups in total. The fourth-order valence-corrected chi connectivity index (χ4v) is 2.66. The maximum atomic E-state index is 8.85. The highest BCUT2D eigenvalue weighted by Crippen LogP contribution is 2.20. The van der Waals surface area contributed by atoms with Crippen molar-refractivity contribution in [3.05, 3.63) is 29.4 Å². The first kappa shape index (κ1) is 13.7. The number of nitrogens with one attached hydrogen (secondary N) is 1. The Bertz CT molecular complexity index is 812. The Labute approximate surface area is 125 Å². The number of rotatable bonds is 3. The molecule has 7 nitrogen and oxygen atoms in total. The van der Waals surface area contributed by atoms with Gasteiger partial charge in [0, 0.05) is 23.7 Å². The zero-order valence-corrected chi connectivity index (χ0v) is 12.8. The van der Waals surface area contributed by atoms with E-state index in [2.05, 4.69) is 41.2 Å². The molecular formula is C13H15N7S. The van der Waals surface area contributed by atoms with Gasteiger partial charge >= 0.3 is 0 Å². The lowest BCUT2D eigenvalue weighted by atomic mass is 10.1. The molecule has 0 aliphatic rings. The zero-order valence-electron chi connectivity index (χ0n) is 12.0. The third kappa shape index (κ3) is 2.66. The van der Waals surface area contributed by atoms with E-state index in [0.717, 1.165) is 10.7 Å². The lowest BCUT2D eigenvalue weighted by Gasteiger charge is -2.20. The minimum Gasteiger partial charge on any atom is -0.306 e. The van der Waals surface area contributed by atoms with Crippen LogP contribution >= 0.6 is 11.3 Å². The summed E-state index contributed by atoms with van der Waals surface area (Å²) in [5, 5.41) is 18.4.